The second-order valence-electron chi connectivity index (χ2n) is 6.67. The Morgan fingerprint density at radius 1 is 1.09 bits per heavy atom. The lowest BCUT2D eigenvalue weighted by molar-refractivity contribution is -0.141. The molecular formula is C20H24O3. The molecule has 0 aromatic heterocycles. The fourth-order valence-electron chi connectivity index (χ4n) is 4.51. The number of hydrogen-bond acceptors (Lipinski definition) is 3. The van der Waals surface area contributed by atoms with Crippen LogP contribution in [0.3, 0.4) is 0 Å². The maximum absolute atomic E-state index is 12.7. The Bertz CT molecular complexity index is 756. The average Bonchev–Trinajstić information content (AvgIpc) is 2.56. The lowest BCUT2D eigenvalue weighted by Gasteiger charge is -2.67. The number of allylic oxidation sites excluding steroid dienone is 3. The van der Waals surface area contributed by atoms with Crippen LogP contribution >= 0.6 is 0 Å². The fourth-order valence-corrected chi connectivity index (χ4v) is 4.51. The van der Waals surface area contributed by atoms with Gasteiger partial charge in [-0.3, -0.25) is 0 Å². The van der Waals surface area contributed by atoms with Crippen molar-refractivity contribution in [1.29, 1.82) is 0 Å². The number of rotatable bonds is 4. The monoisotopic (exact) mass is 312 g/mol. The van der Waals surface area contributed by atoms with Crippen LogP contribution in [0.5, 0.6) is 5.75 Å². The Hall–Kier alpha value is -2.03. The van der Waals surface area contributed by atoms with Gasteiger partial charge in [-0.05, 0) is 32.4 Å². The van der Waals surface area contributed by atoms with Crippen LogP contribution in [-0.2, 0) is 9.53 Å². The smallest absolute Gasteiger partial charge is 0.335 e. The summed E-state index contributed by atoms with van der Waals surface area (Å²) in [6.07, 6.45) is 0. The topological polar surface area (TPSA) is 35.5 Å². The Kier molecular flexibility index (Phi) is 3.44. The summed E-state index contributed by atoms with van der Waals surface area (Å²) in [4.78, 5) is 12.7. The maximum Gasteiger partial charge on any atom is 0.335 e. The third kappa shape index (κ3) is 1.63. The number of benzene rings is 1. The van der Waals surface area contributed by atoms with Crippen LogP contribution in [0, 0.1) is 10.8 Å². The molecule has 3 rings (SSSR count). The van der Waals surface area contributed by atoms with Gasteiger partial charge in [-0.25, -0.2) is 4.79 Å². The average molecular weight is 312 g/mol. The van der Waals surface area contributed by atoms with Crippen molar-refractivity contribution in [3.8, 4) is 5.75 Å². The van der Waals surface area contributed by atoms with E-state index in [1.807, 2.05) is 31.2 Å². The first kappa shape index (κ1) is 15.9. The van der Waals surface area contributed by atoms with Crippen LogP contribution < -0.4 is 4.74 Å². The van der Waals surface area contributed by atoms with Crippen LogP contribution in [0.15, 0.2) is 41.0 Å². The predicted molar refractivity (Wildman–Crippen MR) is 91.1 cm³/mol. The number of carbonyl (C=O) groups excluding carboxylic acids is 1. The van der Waals surface area contributed by atoms with Gasteiger partial charge in [0, 0.05) is 16.4 Å². The SMILES string of the molecule is CCOC(=O)C1=C(c2ccccc2OC)C2(C)C(C)=C(C)C12C. The molecule has 2 atom stereocenters. The Morgan fingerprint density at radius 3 is 2.30 bits per heavy atom. The van der Waals surface area contributed by atoms with Crippen LogP contribution in [0.4, 0.5) is 0 Å². The zero-order chi connectivity index (χ0) is 17.0. The van der Waals surface area contributed by atoms with Gasteiger partial charge in [0.05, 0.1) is 19.3 Å². The van der Waals surface area contributed by atoms with Crippen molar-refractivity contribution in [3.05, 3.63) is 46.5 Å². The Balaban J connectivity index is 2.24. The van der Waals surface area contributed by atoms with Gasteiger partial charge in [0.1, 0.15) is 5.75 Å². The van der Waals surface area contributed by atoms with E-state index in [4.69, 9.17) is 9.47 Å². The lowest BCUT2D eigenvalue weighted by Crippen LogP contribution is -2.60. The molecular weight excluding hydrogens is 288 g/mol. The molecule has 2 aliphatic carbocycles. The quantitative estimate of drug-likeness (QED) is 0.611. The van der Waals surface area contributed by atoms with E-state index in [2.05, 4.69) is 27.7 Å². The van der Waals surface area contributed by atoms with Crippen molar-refractivity contribution >= 4 is 11.5 Å². The molecule has 0 N–H and O–H groups in total. The molecule has 0 radical (unpaired) electrons. The number of esters is 1. The van der Waals surface area contributed by atoms with E-state index in [9.17, 15) is 4.79 Å². The second-order valence-corrected chi connectivity index (χ2v) is 6.67. The van der Waals surface area contributed by atoms with Gasteiger partial charge < -0.3 is 9.47 Å². The molecule has 1 aromatic rings. The summed E-state index contributed by atoms with van der Waals surface area (Å²) in [7, 11) is 1.67. The van der Waals surface area contributed by atoms with Gasteiger partial charge >= 0.3 is 5.97 Å². The molecule has 1 aromatic carbocycles. The lowest BCUT2D eigenvalue weighted by atomic mass is 9.35. The Labute approximate surface area is 138 Å². The summed E-state index contributed by atoms with van der Waals surface area (Å²) < 4.78 is 10.9. The van der Waals surface area contributed by atoms with Crippen molar-refractivity contribution in [1.82, 2.24) is 0 Å². The van der Waals surface area contributed by atoms with Crippen molar-refractivity contribution in [2.24, 2.45) is 10.8 Å². The highest BCUT2D eigenvalue weighted by atomic mass is 16.5. The van der Waals surface area contributed by atoms with Gasteiger partial charge in [-0.1, -0.05) is 43.2 Å². The minimum Gasteiger partial charge on any atom is -0.496 e. The molecule has 0 fully saturated rings. The first-order valence-corrected chi connectivity index (χ1v) is 8.09. The van der Waals surface area contributed by atoms with Crippen molar-refractivity contribution in [3.63, 3.8) is 0 Å². The van der Waals surface area contributed by atoms with Gasteiger partial charge in [-0.2, -0.15) is 0 Å². The summed E-state index contributed by atoms with van der Waals surface area (Å²) in [6, 6.07) is 7.90. The summed E-state index contributed by atoms with van der Waals surface area (Å²) >= 11 is 0. The van der Waals surface area contributed by atoms with E-state index in [0.717, 1.165) is 22.5 Å². The third-order valence-electron chi connectivity index (χ3n) is 6.17. The van der Waals surface area contributed by atoms with Crippen LogP contribution in [0.2, 0.25) is 0 Å². The molecule has 0 bridgehead atoms. The highest BCUT2D eigenvalue weighted by molar-refractivity contribution is 6.09. The molecule has 0 aliphatic heterocycles. The first-order chi connectivity index (χ1) is 10.9. The molecule has 122 valence electrons. The minimum atomic E-state index is -0.237. The van der Waals surface area contributed by atoms with E-state index in [0.29, 0.717) is 6.61 Å². The van der Waals surface area contributed by atoms with E-state index in [1.165, 1.54) is 11.1 Å². The molecule has 0 saturated carbocycles. The molecule has 0 heterocycles. The highest BCUT2D eigenvalue weighted by Crippen LogP contribution is 2.77. The summed E-state index contributed by atoms with van der Waals surface area (Å²) in [5.74, 6) is 0.588. The van der Waals surface area contributed by atoms with Crippen LogP contribution in [-0.4, -0.2) is 19.7 Å². The number of methoxy groups -OCH3 is 1. The van der Waals surface area contributed by atoms with Gasteiger partial charge in [0.15, 0.2) is 0 Å². The molecule has 23 heavy (non-hydrogen) atoms. The molecule has 0 amide bonds. The zero-order valence-corrected chi connectivity index (χ0v) is 14.7. The molecule has 3 nitrogen and oxygen atoms in total. The fraction of sp³-hybridized carbons (Fsp3) is 0.450. The van der Waals surface area contributed by atoms with Crippen LogP contribution in [0.1, 0.15) is 40.2 Å². The molecule has 0 spiro atoms. The highest BCUT2D eigenvalue weighted by Gasteiger charge is 2.70. The predicted octanol–water partition coefficient (Wildman–Crippen LogP) is 4.39. The maximum atomic E-state index is 12.7. The Morgan fingerprint density at radius 2 is 1.70 bits per heavy atom. The number of carbonyl (C=O) groups is 1. The van der Waals surface area contributed by atoms with E-state index < -0.39 is 0 Å². The van der Waals surface area contributed by atoms with Gasteiger partial charge in [0.25, 0.3) is 0 Å². The van der Waals surface area contributed by atoms with E-state index >= 15 is 0 Å². The zero-order valence-electron chi connectivity index (χ0n) is 14.7. The second kappa shape index (κ2) is 4.98. The number of para-hydroxylation sites is 1. The van der Waals surface area contributed by atoms with Crippen LogP contribution in [0.25, 0.3) is 5.57 Å². The summed E-state index contributed by atoms with van der Waals surface area (Å²) in [6.45, 7) is 10.9. The minimum absolute atomic E-state index is 0.131. The van der Waals surface area contributed by atoms with Crippen molar-refractivity contribution in [2.75, 3.05) is 13.7 Å². The number of ether oxygens (including phenoxy) is 2. The first-order valence-electron chi connectivity index (χ1n) is 8.09. The summed E-state index contributed by atoms with van der Waals surface area (Å²) in [5.41, 5.74) is 5.09. The van der Waals surface area contributed by atoms with Gasteiger partial charge in [0.2, 0.25) is 0 Å². The van der Waals surface area contributed by atoms with E-state index in [1.54, 1.807) is 7.11 Å². The van der Waals surface area contributed by atoms with Gasteiger partial charge in [-0.15, -0.1) is 0 Å². The normalized spacial score (nSPS) is 28.8. The standard InChI is InChI=1S/C20H24O3/c1-7-23-18(21)17-16(14-10-8-9-11-15(14)22-6)19(4)12(2)13(3)20(17,19)5/h8-11H,7H2,1-6H3. The summed E-state index contributed by atoms with van der Waals surface area (Å²) in [5, 5.41) is 0. The van der Waals surface area contributed by atoms with Crippen molar-refractivity contribution in [2.45, 2.75) is 34.6 Å². The molecule has 0 saturated heterocycles. The molecule has 3 heteroatoms. The molecule has 2 unspecified atom stereocenters. The number of hydrogen-bond donors (Lipinski definition) is 0. The largest absolute Gasteiger partial charge is 0.496 e. The van der Waals surface area contributed by atoms with Crippen molar-refractivity contribution < 1.29 is 14.3 Å². The molecule has 2 aliphatic rings. The van der Waals surface area contributed by atoms with E-state index in [-0.39, 0.29) is 16.8 Å². The third-order valence-corrected chi connectivity index (χ3v) is 6.17. The number of fused-ring (bicyclic) bond motifs is 1.